The maximum Gasteiger partial charge on any atom is 0.416 e. The summed E-state index contributed by atoms with van der Waals surface area (Å²) in [6.07, 6.45) is -4.53. The predicted octanol–water partition coefficient (Wildman–Crippen LogP) is 1.63. The van der Waals surface area contributed by atoms with Gasteiger partial charge in [0.15, 0.2) is 0 Å². The molecule has 0 saturated carbocycles. The lowest BCUT2D eigenvalue weighted by Crippen LogP contribution is -2.22. The molecule has 0 atom stereocenters. The first-order chi connectivity index (χ1) is 7.09. The van der Waals surface area contributed by atoms with Crippen molar-refractivity contribution in [1.82, 2.24) is 0 Å². The second kappa shape index (κ2) is 3.95. The molecule has 0 aromatic heterocycles. The Hall–Kier alpha value is -1.28. The van der Waals surface area contributed by atoms with Crippen LogP contribution in [0.15, 0.2) is 18.2 Å². The van der Waals surface area contributed by atoms with E-state index in [1.165, 1.54) is 13.0 Å². The van der Waals surface area contributed by atoms with Crippen LogP contribution in [-0.4, -0.2) is 8.42 Å². The molecule has 1 aromatic carbocycles. The van der Waals surface area contributed by atoms with Crippen LogP contribution in [-0.2, 0) is 16.4 Å². The van der Waals surface area contributed by atoms with E-state index in [1.807, 2.05) is 0 Å². The monoisotopic (exact) mass is 254 g/mol. The third kappa shape index (κ3) is 3.38. The van der Waals surface area contributed by atoms with Gasteiger partial charge in [0.05, 0.1) is 11.3 Å². The lowest BCUT2D eigenvalue weighted by molar-refractivity contribution is -0.138. The highest BCUT2D eigenvalue weighted by atomic mass is 32.2. The molecule has 0 aliphatic heterocycles. The van der Waals surface area contributed by atoms with Gasteiger partial charge >= 0.3 is 6.18 Å². The molecule has 8 heteroatoms. The molecule has 0 heterocycles. The molecule has 0 aliphatic carbocycles. The van der Waals surface area contributed by atoms with Crippen molar-refractivity contribution >= 4 is 15.9 Å². The van der Waals surface area contributed by atoms with Crippen molar-refractivity contribution in [2.24, 2.45) is 5.14 Å². The molecule has 1 rings (SSSR count). The van der Waals surface area contributed by atoms with Crippen LogP contribution in [0.5, 0.6) is 0 Å². The minimum absolute atomic E-state index is 0.00692. The molecule has 3 N–H and O–H groups in total. The first-order valence-electron chi connectivity index (χ1n) is 4.08. The molecule has 4 nitrogen and oxygen atoms in total. The molecule has 0 amide bonds. The molecule has 16 heavy (non-hydrogen) atoms. The summed E-state index contributed by atoms with van der Waals surface area (Å²) in [6.45, 7) is 1.28. The number of rotatable bonds is 2. The van der Waals surface area contributed by atoms with Crippen molar-refractivity contribution < 1.29 is 21.6 Å². The minimum atomic E-state index is -4.53. The highest BCUT2D eigenvalue weighted by Gasteiger charge is 2.32. The van der Waals surface area contributed by atoms with Gasteiger partial charge in [-0.2, -0.15) is 21.6 Å². The first-order valence-corrected chi connectivity index (χ1v) is 5.62. The summed E-state index contributed by atoms with van der Waals surface area (Å²) < 4.78 is 60.4. The average Bonchev–Trinajstić information content (AvgIpc) is 2.04. The van der Waals surface area contributed by atoms with Gasteiger partial charge in [-0.15, -0.1) is 0 Å². The fourth-order valence-electron chi connectivity index (χ4n) is 1.16. The minimum Gasteiger partial charge on any atom is -0.271 e. The van der Waals surface area contributed by atoms with E-state index in [0.717, 1.165) is 6.07 Å². The molecule has 0 bridgehead atoms. The normalized spacial score (nSPS) is 12.6. The highest BCUT2D eigenvalue weighted by molar-refractivity contribution is 7.90. The maximum atomic E-state index is 12.5. The molecule has 0 radical (unpaired) electrons. The number of nitrogens with one attached hydrogen (secondary N) is 1. The fourth-order valence-corrected chi connectivity index (χ4v) is 1.61. The van der Waals surface area contributed by atoms with Crippen molar-refractivity contribution in [2.45, 2.75) is 13.1 Å². The van der Waals surface area contributed by atoms with E-state index in [4.69, 9.17) is 0 Å². The van der Waals surface area contributed by atoms with E-state index < -0.39 is 21.9 Å². The molecule has 90 valence electrons. The summed E-state index contributed by atoms with van der Waals surface area (Å²) in [5.41, 5.74) is -1.12. The zero-order valence-corrected chi connectivity index (χ0v) is 8.98. The van der Waals surface area contributed by atoms with Gasteiger partial charge in [-0.25, -0.2) is 5.14 Å². The number of alkyl halides is 3. The van der Waals surface area contributed by atoms with Crippen molar-refractivity contribution in [1.29, 1.82) is 0 Å². The Kier molecular flexibility index (Phi) is 3.15. The summed E-state index contributed by atoms with van der Waals surface area (Å²) in [7, 11) is -4.07. The molecule has 0 unspecified atom stereocenters. The van der Waals surface area contributed by atoms with E-state index in [1.54, 1.807) is 4.72 Å². The van der Waals surface area contributed by atoms with E-state index in [-0.39, 0.29) is 11.3 Å². The van der Waals surface area contributed by atoms with Crippen LogP contribution in [0.25, 0.3) is 0 Å². The van der Waals surface area contributed by atoms with Crippen LogP contribution < -0.4 is 9.86 Å². The summed E-state index contributed by atoms with van der Waals surface area (Å²) in [4.78, 5) is 0. The van der Waals surface area contributed by atoms with Gasteiger partial charge in [-0.3, -0.25) is 4.72 Å². The van der Waals surface area contributed by atoms with Crippen LogP contribution in [0, 0.1) is 6.92 Å². The Bertz CT molecular complexity index is 496. The van der Waals surface area contributed by atoms with Gasteiger partial charge in [0.1, 0.15) is 0 Å². The number of halogens is 3. The van der Waals surface area contributed by atoms with Gasteiger partial charge in [0.2, 0.25) is 0 Å². The fraction of sp³-hybridized carbons (Fsp3) is 0.250. The van der Waals surface area contributed by atoms with Crippen LogP contribution in [0.2, 0.25) is 0 Å². The van der Waals surface area contributed by atoms with Crippen LogP contribution in [0.3, 0.4) is 0 Å². The first kappa shape index (κ1) is 12.8. The summed E-state index contributed by atoms with van der Waals surface area (Å²) in [5, 5.41) is 4.64. The lowest BCUT2D eigenvalue weighted by atomic mass is 10.1. The van der Waals surface area contributed by atoms with Crippen LogP contribution >= 0.6 is 0 Å². The molecule has 1 aromatic rings. The zero-order chi connectivity index (χ0) is 12.6. The van der Waals surface area contributed by atoms with Gasteiger partial charge in [0.25, 0.3) is 10.2 Å². The summed E-state index contributed by atoms with van der Waals surface area (Å²) in [6, 6.07) is 3.06. The number of benzene rings is 1. The number of nitrogens with two attached hydrogens (primary N) is 1. The summed E-state index contributed by atoms with van der Waals surface area (Å²) in [5.74, 6) is 0. The predicted molar refractivity (Wildman–Crippen MR) is 52.9 cm³/mol. The van der Waals surface area contributed by atoms with Gasteiger partial charge in [-0.05, 0) is 24.6 Å². The van der Waals surface area contributed by atoms with Crippen LogP contribution in [0.4, 0.5) is 18.9 Å². The van der Waals surface area contributed by atoms with Crippen molar-refractivity contribution in [3.63, 3.8) is 0 Å². The van der Waals surface area contributed by atoms with Gasteiger partial charge in [-0.1, -0.05) is 6.07 Å². The second-order valence-electron chi connectivity index (χ2n) is 3.17. The van der Waals surface area contributed by atoms with Crippen molar-refractivity contribution in [3.05, 3.63) is 29.3 Å². The third-order valence-electron chi connectivity index (χ3n) is 1.80. The Morgan fingerprint density at radius 1 is 1.31 bits per heavy atom. The number of hydrogen-bond acceptors (Lipinski definition) is 2. The quantitative estimate of drug-likeness (QED) is 0.841. The van der Waals surface area contributed by atoms with Crippen LogP contribution in [0.1, 0.15) is 11.1 Å². The van der Waals surface area contributed by atoms with Crippen molar-refractivity contribution in [3.8, 4) is 0 Å². The Morgan fingerprint density at radius 2 is 1.88 bits per heavy atom. The van der Waals surface area contributed by atoms with Crippen molar-refractivity contribution in [2.75, 3.05) is 4.72 Å². The molecular weight excluding hydrogens is 245 g/mol. The largest absolute Gasteiger partial charge is 0.416 e. The van der Waals surface area contributed by atoms with Gasteiger partial charge < -0.3 is 0 Å². The third-order valence-corrected chi connectivity index (χ3v) is 2.32. The number of aryl methyl sites for hydroxylation is 1. The average molecular weight is 254 g/mol. The second-order valence-corrected chi connectivity index (χ2v) is 4.47. The molecular formula is C8H9F3N2O2S. The van der Waals surface area contributed by atoms with E-state index in [9.17, 15) is 21.6 Å². The lowest BCUT2D eigenvalue weighted by Gasteiger charge is -2.12. The highest BCUT2D eigenvalue weighted by Crippen LogP contribution is 2.33. The Morgan fingerprint density at radius 3 is 2.31 bits per heavy atom. The Balaban J connectivity index is 3.18. The SMILES string of the molecule is Cc1ccc(NS(N)(=O)=O)cc1C(F)(F)F. The molecule has 0 fully saturated rings. The standard InChI is InChI=1S/C8H9F3N2O2S/c1-5-2-3-6(13-16(12,14)15)4-7(5)8(9,10)11/h2-4,13H,1H3,(H2,12,14,15). The topological polar surface area (TPSA) is 72.2 Å². The van der Waals surface area contributed by atoms with Gasteiger partial charge in [0, 0.05) is 0 Å². The Labute approximate surface area is 90.4 Å². The van der Waals surface area contributed by atoms with E-state index >= 15 is 0 Å². The zero-order valence-electron chi connectivity index (χ0n) is 8.17. The van der Waals surface area contributed by atoms with E-state index in [2.05, 4.69) is 5.14 Å². The summed E-state index contributed by atoms with van der Waals surface area (Å²) >= 11 is 0. The van der Waals surface area contributed by atoms with E-state index in [0.29, 0.717) is 6.07 Å². The maximum absolute atomic E-state index is 12.5. The number of anilines is 1. The molecule has 0 aliphatic rings. The molecule has 0 spiro atoms. The smallest absolute Gasteiger partial charge is 0.271 e. The number of hydrogen-bond donors (Lipinski definition) is 2. The molecule has 0 saturated heterocycles.